The van der Waals surface area contributed by atoms with E-state index in [0.29, 0.717) is 5.56 Å². The fourth-order valence-corrected chi connectivity index (χ4v) is 1.88. The molecule has 18 heavy (non-hydrogen) atoms. The normalized spacial score (nSPS) is 10.3. The Morgan fingerprint density at radius 3 is 2.61 bits per heavy atom. The van der Waals surface area contributed by atoms with Crippen LogP contribution in [0.2, 0.25) is 0 Å². The summed E-state index contributed by atoms with van der Waals surface area (Å²) in [6.07, 6.45) is 1.67. The second-order valence-electron chi connectivity index (χ2n) is 4.17. The molecule has 92 valence electrons. The lowest BCUT2D eigenvalue weighted by molar-refractivity contribution is 0.790. The monoisotopic (exact) mass is 240 g/mol. The van der Waals surface area contributed by atoms with Gasteiger partial charge in [0.2, 0.25) is 0 Å². The highest BCUT2D eigenvalue weighted by molar-refractivity contribution is 5.45. The minimum absolute atomic E-state index is 0.702. The summed E-state index contributed by atoms with van der Waals surface area (Å²) in [5, 5.41) is 13.4. The predicted molar refractivity (Wildman–Crippen MR) is 69.6 cm³/mol. The molecule has 0 radical (unpaired) electrons. The van der Waals surface area contributed by atoms with Crippen LogP contribution in [0.4, 0.5) is 0 Å². The number of nitriles is 1. The van der Waals surface area contributed by atoms with Crippen molar-refractivity contribution in [2.75, 3.05) is 0 Å². The largest absolute Gasteiger partial charge is 0.218 e. The van der Waals surface area contributed by atoms with Crippen LogP contribution in [0.1, 0.15) is 36.6 Å². The molecule has 2 rings (SSSR count). The smallest absolute Gasteiger partial charge is 0.151 e. The third-order valence-corrected chi connectivity index (χ3v) is 2.93. The zero-order chi connectivity index (χ0) is 13.1. The quantitative estimate of drug-likeness (QED) is 0.828. The molecular weight excluding hydrogens is 224 g/mol. The zero-order valence-corrected chi connectivity index (χ0v) is 10.9. The van der Waals surface area contributed by atoms with Gasteiger partial charge in [-0.05, 0) is 30.7 Å². The van der Waals surface area contributed by atoms with Gasteiger partial charge in [-0.1, -0.05) is 13.8 Å². The van der Waals surface area contributed by atoms with Crippen LogP contribution in [0.3, 0.4) is 0 Å². The van der Waals surface area contributed by atoms with Crippen LogP contribution in [0, 0.1) is 18.3 Å². The van der Waals surface area contributed by atoms with Crippen molar-refractivity contribution in [2.45, 2.75) is 33.6 Å². The van der Waals surface area contributed by atoms with Crippen molar-refractivity contribution in [2.24, 2.45) is 0 Å². The Balaban J connectivity index is 2.51. The van der Waals surface area contributed by atoms with Gasteiger partial charge < -0.3 is 0 Å². The SMILES string of the molecule is CCc1nc(CC)n(-c2ccc(C#N)c(C)c2)n1. The van der Waals surface area contributed by atoms with Crippen LogP contribution < -0.4 is 0 Å². The molecule has 0 saturated heterocycles. The molecule has 0 bridgehead atoms. The van der Waals surface area contributed by atoms with Crippen molar-refractivity contribution in [1.29, 1.82) is 5.26 Å². The first-order valence-electron chi connectivity index (χ1n) is 6.15. The summed E-state index contributed by atoms with van der Waals surface area (Å²) in [7, 11) is 0. The maximum atomic E-state index is 8.94. The highest BCUT2D eigenvalue weighted by Gasteiger charge is 2.09. The molecule has 0 N–H and O–H groups in total. The highest BCUT2D eigenvalue weighted by atomic mass is 15.3. The van der Waals surface area contributed by atoms with Gasteiger partial charge in [-0.3, -0.25) is 0 Å². The van der Waals surface area contributed by atoms with E-state index in [-0.39, 0.29) is 0 Å². The van der Waals surface area contributed by atoms with Gasteiger partial charge in [0.1, 0.15) is 5.82 Å². The van der Waals surface area contributed by atoms with Crippen LogP contribution in [0.5, 0.6) is 0 Å². The van der Waals surface area contributed by atoms with Crippen molar-refractivity contribution in [1.82, 2.24) is 14.8 Å². The lowest BCUT2D eigenvalue weighted by Crippen LogP contribution is -2.02. The minimum atomic E-state index is 0.702. The van der Waals surface area contributed by atoms with Gasteiger partial charge in [0.25, 0.3) is 0 Å². The molecule has 0 unspecified atom stereocenters. The van der Waals surface area contributed by atoms with E-state index in [0.717, 1.165) is 35.7 Å². The Labute approximate surface area is 107 Å². The van der Waals surface area contributed by atoms with Gasteiger partial charge in [0, 0.05) is 12.8 Å². The van der Waals surface area contributed by atoms with E-state index in [9.17, 15) is 0 Å². The van der Waals surface area contributed by atoms with E-state index in [1.54, 1.807) is 0 Å². The Morgan fingerprint density at radius 1 is 1.28 bits per heavy atom. The van der Waals surface area contributed by atoms with Gasteiger partial charge in [-0.2, -0.15) is 10.4 Å². The summed E-state index contributed by atoms with van der Waals surface area (Å²) < 4.78 is 1.87. The van der Waals surface area contributed by atoms with E-state index in [1.165, 1.54) is 0 Å². The van der Waals surface area contributed by atoms with E-state index >= 15 is 0 Å². The van der Waals surface area contributed by atoms with Crippen LogP contribution >= 0.6 is 0 Å². The number of hydrogen-bond acceptors (Lipinski definition) is 3. The Kier molecular flexibility index (Phi) is 3.42. The first-order chi connectivity index (χ1) is 8.69. The molecule has 0 saturated carbocycles. The maximum Gasteiger partial charge on any atom is 0.151 e. The molecule has 0 spiro atoms. The number of aryl methyl sites for hydroxylation is 3. The number of nitrogens with zero attached hydrogens (tertiary/aromatic N) is 4. The fourth-order valence-electron chi connectivity index (χ4n) is 1.88. The van der Waals surface area contributed by atoms with Crippen LogP contribution in [0.15, 0.2) is 18.2 Å². The third kappa shape index (κ3) is 2.12. The van der Waals surface area contributed by atoms with Gasteiger partial charge in [-0.15, -0.1) is 0 Å². The first-order valence-corrected chi connectivity index (χ1v) is 6.15. The second-order valence-corrected chi connectivity index (χ2v) is 4.17. The average Bonchev–Trinajstić information content (AvgIpc) is 2.82. The second kappa shape index (κ2) is 5.01. The van der Waals surface area contributed by atoms with Gasteiger partial charge >= 0.3 is 0 Å². The molecule has 0 aliphatic rings. The van der Waals surface area contributed by atoms with Crippen LogP contribution in [0.25, 0.3) is 5.69 Å². The molecule has 4 nitrogen and oxygen atoms in total. The fraction of sp³-hybridized carbons (Fsp3) is 0.357. The molecule has 0 fully saturated rings. The summed E-state index contributed by atoms with van der Waals surface area (Å²) in [5.74, 6) is 1.81. The maximum absolute atomic E-state index is 8.94. The van der Waals surface area contributed by atoms with Gasteiger partial charge in [0.05, 0.1) is 17.3 Å². The average molecular weight is 240 g/mol. The van der Waals surface area contributed by atoms with E-state index in [4.69, 9.17) is 5.26 Å². The third-order valence-electron chi connectivity index (χ3n) is 2.93. The number of aromatic nitrogens is 3. The molecule has 0 aliphatic carbocycles. The standard InChI is InChI=1S/C14H16N4/c1-4-13-16-14(5-2)18(17-13)12-7-6-11(9-15)10(3)8-12/h6-8H,4-5H2,1-3H3. The Hall–Kier alpha value is -2.15. The summed E-state index contributed by atoms with van der Waals surface area (Å²) >= 11 is 0. The lowest BCUT2D eigenvalue weighted by atomic mass is 10.1. The summed E-state index contributed by atoms with van der Waals surface area (Å²) in [4.78, 5) is 4.48. The topological polar surface area (TPSA) is 54.5 Å². The Bertz CT molecular complexity index is 605. The van der Waals surface area contributed by atoms with Crippen molar-refractivity contribution in [3.8, 4) is 11.8 Å². The molecular formula is C14H16N4. The zero-order valence-electron chi connectivity index (χ0n) is 10.9. The number of benzene rings is 1. The van der Waals surface area contributed by atoms with E-state index < -0.39 is 0 Å². The Morgan fingerprint density at radius 2 is 2.06 bits per heavy atom. The van der Waals surface area contributed by atoms with Gasteiger partial charge in [0.15, 0.2) is 5.82 Å². The highest BCUT2D eigenvalue weighted by Crippen LogP contribution is 2.15. The molecule has 0 amide bonds. The van der Waals surface area contributed by atoms with Gasteiger partial charge in [-0.25, -0.2) is 9.67 Å². The summed E-state index contributed by atoms with van der Waals surface area (Å²) in [6, 6.07) is 7.90. The van der Waals surface area contributed by atoms with Crippen molar-refractivity contribution >= 4 is 0 Å². The lowest BCUT2D eigenvalue weighted by Gasteiger charge is -2.06. The van der Waals surface area contributed by atoms with Crippen LogP contribution in [-0.4, -0.2) is 14.8 Å². The molecule has 4 heteroatoms. The molecule has 2 aromatic rings. The van der Waals surface area contributed by atoms with Crippen molar-refractivity contribution in [3.05, 3.63) is 41.0 Å². The van der Waals surface area contributed by atoms with E-state index in [1.807, 2.05) is 36.7 Å². The summed E-state index contributed by atoms with van der Waals surface area (Å²) in [5.41, 5.74) is 2.63. The molecule has 0 aliphatic heterocycles. The molecule has 1 aromatic carbocycles. The van der Waals surface area contributed by atoms with Crippen LogP contribution in [-0.2, 0) is 12.8 Å². The number of hydrogen-bond donors (Lipinski definition) is 0. The summed E-state index contributed by atoms with van der Waals surface area (Å²) in [6.45, 7) is 6.05. The van der Waals surface area contributed by atoms with Crippen molar-refractivity contribution in [3.63, 3.8) is 0 Å². The minimum Gasteiger partial charge on any atom is -0.218 e. The van der Waals surface area contributed by atoms with E-state index in [2.05, 4.69) is 23.1 Å². The number of rotatable bonds is 3. The predicted octanol–water partition coefficient (Wildman–Crippen LogP) is 2.57. The first kappa shape index (κ1) is 12.3. The molecule has 1 heterocycles. The van der Waals surface area contributed by atoms with Crippen molar-refractivity contribution < 1.29 is 0 Å². The molecule has 1 aromatic heterocycles. The molecule has 0 atom stereocenters.